The number of ether oxygens (including phenoxy) is 1. The molecular weight excluding hydrogens is 337 g/mol. The molecule has 0 heterocycles. The molecule has 0 radical (unpaired) electrons. The Hall–Kier alpha value is -2.89. The number of carbonyl (C=O) groups excluding carboxylic acids is 1. The maximum atomic E-state index is 14.4. The Kier molecular flexibility index (Phi) is 5.97. The van der Waals surface area contributed by atoms with Crippen LogP contribution < -0.4 is 5.32 Å². The first-order valence-electron chi connectivity index (χ1n) is 8.22. The van der Waals surface area contributed by atoms with Crippen molar-refractivity contribution in [1.29, 1.82) is 0 Å². The molecule has 0 bridgehead atoms. The lowest BCUT2D eigenvalue weighted by atomic mass is 10.00. The Labute approximate surface area is 151 Å². The highest BCUT2D eigenvalue weighted by atomic mass is 19.1. The van der Waals surface area contributed by atoms with E-state index in [1.807, 2.05) is 18.2 Å². The number of hydrogen-bond acceptors (Lipinski definition) is 3. The SMILES string of the molecule is CC(C)(C)OC(=O)NC(Cc1ccc(-c2ccccc2)c(F)c1)C(=O)O. The van der Waals surface area contributed by atoms with E-state index in [1.165, 1.54) is 6.07 Å². The minimum absolute atomic E-state index is 0.0550. The number of rotatable bonds is 5. The first-order valence-corrected chi connectivity index (χ1v) is 8.22. The van der Waals surface area contributed by atoms with Gasteiger partial charge < -0.3 is 15.2 Å². The Morgan fingerprint density at radius 2 is 1.81 bits per heavy atom. The van der Waals surface area contributed by atoms with Crippen LogP contribution >= 0.6 is 0 Å². The molecule has 0 fully saturated rings. The monoisotopic (exact) mass is 359 g/mol. The van der Waals surface area contributed by atoms with Crippen molar-refractivity contribution in [3.63, 3.8) is 0 Å². The summed E-state index contributed by atoms with van der Waals surface area (Å²) < 4.78 is 19.5. The van der Waals surface area contributed by atoms with Gasteiger partial charge in [-0.05, 0) is 38.0 Å². The van der Waals surface area contributed by atoms with Crippen molar-refractivity contribution in [3.8, 4) is 11.1 Å². The molecule has 0 aliphatic carbocycles. The van der Waals surface area contributed by atoms with E-state index in [0.717, 1.165) is 5.56 Å². The summed E-state index contributed by atoms with van der Waals surface area (Å²) in [7, 11) is 0. The number of hydrogen-bond donors (Lipinski definition) is 2. The second-order valence-corrected chi connectivity index (χ2v) is 6.92. The van der Waals surface area contributed by atoms with Gasteiger partial charge in [0.05, 0.1) is 0 Å². The number of carboxylic acids is 1. The Balaban J connectivity index is 2.13. The van der Waals surface area contributed by atoms with Gasteiger partial charge in [0, 0.05) is 12.0 Å². The molecule has 138 valence electrons. The minimum atomic E-state index is -1.22. The lowest BCUT2D eigenvalue weighted by Gasteiger charge is -2.22. The fourth-order valence-electron chi connectivity index (χ4n) is 2.42. The quantitative estimate of drug-likeness (QED) is 0.846. The highest BCUT2D eigenvalue weighted by Crippen LogP contribution is 2.23. The normalized spacial score (nSPS) is 12.3. The average molecular weight is 359 g/mol. The van der Waals surface area contributed by atoms with Crippen LogP contribution in [0.15, 0.2) is 48.5 Å². The molecular formula is C20H22FNO4. The van der Waals surface area contributed by atoms with Crippen molar-refractivity contribution in [2.24, 2.45) is 0 Å². The van der Waals surface area contributed by atoms with E-state index in [-0.39, 0.29) is 6.42 Å². The molecule has 0 aromatic heterocycles. The van der Waals surface area contributed by atoms with Crippen LogP contribution in [0.3, 0.4) is 0 Å². The number of amides is 1. The standard InChI is InChI=1S/C20H22FNO4/c1-20(2,3)26-19(25)22-17(18(23)24)12-13-9-10-15(16(21)11-13)14-7-5-4-6-8-14/h4-11,17H,12H2,1-3H3,(H,22,25)(H,23,24). The number of benzene rings is 2. The van der Waals surface area contributed by atoms with E-state index in [9.17, 15) is 19.1 Å². The molecule has 2 aromatic rings. The average Bonchev–Trinajstić information content (AvgIpc) is 2.53. The van der Waals surface area contributed by atoms with Crippen LogP contribution in [0, 0.1) is 5.82 Å². The molecule has 1 unspecified atom stereocenters. The number of nitrogens with one attached hydrogen (secondary N) is 1. The summed E-state index contributed by atoms with van der Waals surface area (Å²) in [5.74, 6) is -1.67. The highest BCUT2D eigenvalue weighted by Gasteiger charge is 2.24. The van der Waals surface area contributed by atoms with Crippen LogP contribution in [0.4, 0.5) is 9.18 Å². The van der Waals surface area contributed by atoms with E-state index < -0.39 is 29.5 Å². The summed E-state index contributed by atoms with van der Waals surface area (Å²) in [5, 5.41) is 11.6. The van der Waals surface area contributed by atoms with Gasteiger partial charge in [0.2, 0.25) is 0 Å². The third-order valence-electron chi connectivity index (χ3n) is 3.55. The van der Waals surface area contributed by atoms with Crippen LogP contribution in [-0.4, -0.2) is 28.8 Å². The zero-order chi connectivity index (χ0) is 19.3. The summed E-state index contributed by atoms with van der Waals surface area (Å²) in [6.07, 6.45) is -0.883. The Bertz CT molecular complexity index is 784. The molecule has 0 spiro atoms. The first kappa shape index (κ1) is 19.4. The van der Waals surface area contributed by atoms with Gasteiger partial charge in [0.15, 0.2) is 0 Å². The van der Waals surface area contributed by atoms with E-state index >= 15 is 0 Å². The zero-order valence-electron chi connectivity index (χ0n) is 15.0. The molecule has 0 aliphatic rings. The Morgan fingerprint density at radius 1 is 1.15 bits per heavy atom. The third-order valence-corrected chi connectivity index (χ3v) is 3.55. The van der Waals surface area contributed by atoms with Crippen LogP contribution in [0.25, 0.3) is 11.1 Å². The van der Waals surface area contributed by atoms with E-state index in [4.69, 9.17) is 4.74 Å². The second-order valence-electron chi connectivity index (χ2n) is 6.92. The van der Waals surface area contributed by atoms with Gasteiger partial charge in [-0.2, -0.15) is 0 Å². The van der Waals surface area contributed by atoms with Gasteiger partial charge in [0.25, 0.3) is 0 Å². The maximum Gasteiger partial charge on any atom is 0.408 e. The highest BCUT2D eigenvalue weighted by molar-refractivity contribution is 5.80. The van der Waals surface area contributed by atoms with Gasteiger partial charge in [0.1, 0.15) is 17.5 Å². The van der Waals surface area contributed by atoms with Crippen molar-refractivity contribution in [3.05, 3.63) is 59.9 Å². The van der Waals surface area contributed by atoms with Gasteiger partial charge in [-0.15, -0.1) is 0 Å². The summed E-state index contributed by atoms with van der Waals surface area (Å²) in [6.45, 7) is 5.04. The topological polar surface area (TPSA) is 75.6 Å². The lowest BCUT2D eigenvalue weighted by Crippen LogP contribution is -2.44. The van der Waals surface area contributed by atoms with Gasteiger partial charge in [-0.3, -0.25) is 0 Å². The summed E-state index contributed by atoms with van der Waals surface area (Å²) in [4.78, 5) is 23.2. The predicted octanol–water partition coefficient (Wildman–Crippen LogP) is 4.01. The van der Waals surface area contributed by atoms with Gasteiger partial charge in [-0.1, -0.05) is 42.5 Å². The van der Waals surface area contributed by atoms with E-state index in [0.29, 0.717) is 11.1 Å². The lowest BCUT2D eigenvalue weighted by molar-refractivity contribution is -0.139. The summed E-state index contributed by atoms with van der Waals surface area (Å²) >= 11 is 0. The molecule has 2 aromatic carbocycles. The van der Waals surface area contributed by atoms with Gasteiger partial charge in [-0.25, -0.2) is 14.0 Å². The molecule has 1 amide bonds. The molecule has 6 heteroatoms. The number of carboxylic acid groups (broad SMARTS) is 1. The third kappa shape index (κ3) is 5.58. The zero-order valence-corrected chi connectivity index (χ0v) is 15.0. The number of halogens is 1. The fourth-order valence-corrected chi connectivity index (χ4v) is 2.42. The number of aliphatic carboxylic acids is 1. The van der Waals surface area contributed by atoms with Crippen molar-refractivity contribution in [2.45, 2.75) is 38.8 Å². The van der Waals surface area contributed by atoms with Crippen molar-refractivity contribution < 1.29 is 23.8 Å². The number of alkyl carbamates (subject to hydrolysis) is 1. The van der Waals surface area contributed by atoms with Crippen molar-refractivity contribution >= 4 is 12.1 Å². The molecule has 2 rings (SSSR count). The Morgan fingerprint density at radius 3 is 2.35 bits per heavy atom. The molecule has 0 aliphatic heterocycles. The smallest absolute Gasteiger partial charge is 0.408 e. The van der Waals surface area contributed by atoms with Crippen molar-refractivity contribution in [2.75, 3.05) is 0 Å². The predicted molar refractivity (Wildman–Crippen MR) is 96.3 cm³/mol. The molecule has 5 nitrogen and oxygen atoms in total. The van der Waals surface area contributed by atoms with Crippen LogP contribution in [0.5, 0.6) is 0 Å². The van der Waals surface area contributed by atoms with Crippen LogP contribution in [0.2, 0.25) is 0 Å². The van der Waals surface area contributed by atoms with E-state index in [1.54, 1.807) is 45.0 Å². The van der Waals surface area contributed by atoms with Crippen LogP contribution in [-0.2, 0) is 16.0 Å². The number of carbonyl (C=O) groups is 2. The van der Waals surface area contributed by atoms with Gasteiger partial charge >= 0.3 is 12.1 Å². The minimum Gasteiger partial charge on any atom is -0.480 e. The molecule has 2 N–H and O–H groups in total. The van der Waals surface area contributed by atoms with Crippen molar-refractivity contribution in [1.82, 2.24) is 5.32 Å². The second kappa shape index (κ2) is 7.99. The van der Waals surface area contributed by atoms with Crippen LogP contribution in [0.1, 0.15) is 26.3 Å². The fraction of sp³-hybridized carbons (Fsp3) is 0.300. The molecule has 0 saturated heterocycles. The maximum absolute atomic E-state index is 14.4. The molecule has 1 atom stereocenters. The van der Waals surface area contributed by atoms with E-state index in [2.05, 4.69) is 5.32 Å². The summed E-state index contributed by atoms with van der Waals surface area (Å²) in [5.41, 5.74) is 0.890. The molecule has 0 saturated carbocycles. The molecule has 26 heavy (non-hydrogen) atoms. The summed E-state index contributed by atoms with van der Waals surface area (Å²) in [6, 6.07) is 12.4. The largest absolute Gasteiger partial charge is 0.480 e. The first-order chi connectivity index (χ1) is 12.2.